The van der Waals surface area contributed by atoms with Crippen molar-refractivity contribution in [2.45, 2.75) is 38.9 Å². The minimum Gasteiger partial charge on any atom is -0.392 e. The van der Waals surface area contributed by atoms with Crippen molar-refractivity contribution in [2.75, 3.05) is 0 Å². The van der Waals surface area contributed by atoms with E-state index in [1.165, 1.54) is 22.3 Å². The van der Waals surface area contributed by atoms with E-state index in [0.717, 1.165) is 24.0 Å². The second-order valence-corrected chi connectivity index (χ2v) is 5.55. The number of aliphatic hydroxyl groups is 2. The zero-order valence-electron chi connectivity index (χ0n) is 11.8. The molecule has 2 aromatic carbocycles. The van der Waals surface area contributed by atoms with Crippen molar-refractivity contribution in [2.24, 2.45) is 0 Å². The van der Waals surface area contributed by atoms with Crippen LogP contribution in [0.4, 0.5) is 0 Å². The molecule has 2 nitrogen and oxygen atoms in total. The summed E-state index contributed by atoms with van der Waals surface area (Å²) in [7, 11) is 0. The van der Waals surface area contributed by atoms with Gasteiger partial charge in [0.2, 0.25) is 0 Å². The van der Waals surface area contributed by atoms with Gasteiger partial charge in [0.05, 0.1) is 13.2 Å². The molecule has 0 aliphatic heterocycles. The molecule has 2 aromatic rings. The summed E-state index contributed by atoms with van der Waals surface area (Å²) in [5, 5.41) is 19.2. The lowest BCUT2D eigenvalue weighted by Gasteiger charge is -2.20. The molecular formula is C18H20O2. The Bertz CT molecular complexity index is 631. The number of benzene rings is 2. The highest BCUT2D eigenvalue weighted by molar-refractivity contribution is 5.51. The smallest absolute Gasteiger partial charge is 0.0684 e. The topological polar surface area (TPSA) is 40.5 Å². The van der Waals surface area contributed by atoms with Gasteiger partial charge in [0, 0.05) is 5.92 Å². The molecule has 0 amide bonds. The second kappa shape index (κ2) is 5.39. The molecule has 0 spiro atoms. The monoisotopic (exact) mass is 268 g/mol. The van der Waals surface area contributed by atoms with Crippen LogP contribution in [0.1, 0.15) is 45.7 Å². The molecule has 3 rings (SSSR count). The Morgan fingerprint density at radius 2 is 1.60 bits per heavy atom. The van der Waals surface area contributed by atoms with Gasteiger partial charge in [0.1, 0.15) is 0 Å². The van der Waals surface area contributed by atoms with Gasteiger partial charge in [0.15, 0.2) is 0 Å². The first-order chi connectivity index (χ1) is 9.76. The molecule has 0 bridgehead atoms. The van der Waals surface area contributed by atoms with Crippen LogP contribution in [0, 0.1) is 6.92 Å². The maximum Gasteiger partial charge on any atom is 0.0684 e. The summed E-state index contributed by atoms with van der Waals surface area (Å²) >= 11 is 0. The molecule has 1 aliphatic rings. The maximum atomic E-state index is 9.63. The van der Waals surface area contributed by atoms with Crippen LogP contribution in [0.2, 0.25) is 0 Å². The predicted octanol–water partition coefficient (Wildman–Crippen LogP) is 3.06. The molecule has 20 heavy (non-hydrogen) atoms. The van der Waals surface area contributed by atoms with Crippen LogP contribution in [-0.4, -0.2) is 10.2 Å². The Hall–Kier alpha value is -1.64. The van der Waals surface area contributed by atoms with E-state index >= 15 is 0 Å². The summed E-state index contributed by atoms with van der Waals surface area (Å²) in [5.41, 5.74) is 7.12. The van der Waals surface area contributed by atoms with E-state index in [9.17, 15) is 10.2 Å². The number of hydrogen-bond acceptors (Lipinski definition) is 2. The molecule has 0 saturated heterocycles. The molecule has 1 atom stereocenters. The van der Waals surface area contributed by atoms with Gasteiger partial charge in [-0.3, -0.25) is 0 Å². The number of hydrogen-bond donors (Lipinski definition) is 2. The Kier molecular flexibility index (Phi) is 3.60. The molecule has 1 unspecified atom stereocenters. The average Bonchev–Trinajstić information content (AvgIpc) is 2.90. The first-order valence-corrected chi connectivity index (χ1v) is 7.17. The molecule has 104 valence electrons. The van der Waals surface area contributed by atoms with Crippen molar-refractivity contribution in [3.63, 3.8) is 0 Å². The summed E-state index contributed by atoms with van der Waals surface area (Å²) in [6, 6.07) is 12.3. The summed E-state index contributed by atoms with van der Waals surface area (Å²) in [6.07, 6.45) is 2.11. The molecule has 0 heterocycles. The minimum absolute atomic E-state index is 0.0736. The second-order valence-electron chi connectivity index (χ2n) is 5.55. The highest BCUT2D eigenvalue weighted by Gasteiger charge is 2.28. The number of aryl methyl sites for hydroxylation is 2. The van der Waals surface area contributed by atoms with E-state index in [0.29, 0.717) is 5.92 Å². The molecule has 0 radical (unpaired) electrons. The zero-order chi connectivity index (χ0) is 14.1. The van der Waals surface area contributed by atoms with E-state index in [2.05, 4.69) is 19.1 Å². The fraction of sp³-hybridized carbons (Fsp3) is 0.333. The third-order valence-electron chi connectivity index (χ3n) is 4.44. The van der Waals surface area contributed by atoms with Crippen molar-refractivity contribution < 1.29 is 10.2 Å². The van der Waals surface area contributed by atoms with E-state index < -0.39 is 0 Å². The molecular weight excluding hydrogens is 248 g/mol. The standard InChI is InChI=1S/C18H20O2/c1-12-4-2-6-14(10-19)17(12)16-9-8-13-5-3-7-15(11-20)18(13)16/h2-7,16,19-20H,8-11H2,1H3. The van der Waals surface area contributed by atoms with E-state index in [1.54, 1.807) is 0 Å². The van der Waals surface area contributed by atoms with Crippen molar-refractivity contribution in [3.8, 4) is 0 Å². The lowest BCUT2D eigenvalue weighted by molar-refractivity contribution is 0.278. The SMILES string of the molecule is Cc1cccc(CO)c1C1CCc2cccc(CO)c21. The molecule has 0 saturated carbocycles. The molecule has 0 fully saturated rings. The van der Waals surface area contributed by atoms with Crippen molar-refractivity contribution >= 4 is 0 Å². The van der Waals surface area contributed by atoms with E-state index in [-0.39, 0.29) is 13.2 Å². The van der Waals surface area contributed by atoms with Gasteiger partial charge in [-0.15, -0.1) is 0 Å². The normalized spacial score (nSPS) is 17.2. The van der Waals surface area contributed by atoms with E-state index in [4.69, 9.17) is 0 Å². The zero-order valence-corrected chi connectivity index (χ0v) is 11.8. The number of fused-ring (bicyclic) bond motifs is 1. The van der Waals surface area contributed by atoms with Crippen LogP contribution in [-0.2, 0) is 19.6 Å². The third-order valence-corrected chi connectivity index (χ3v) is 4.44. The molecule has 1 aliphatic carbocycles. The lowest BCUT2D eigenvalue weighted by Crippen LogP contribution is -2.06. The van der Waals surface area contributed by atoms with Crippen LogP contribution >= 0.6 is 0 Å². The number of aliphatic hydroxyl groups excluding tert-OH is 2. The summed E-state index contributed by atoms with van der Waals surface area (Å²) in [5.74, 6) is 0.302. The van der Waals surface area contributed by atoms with E-state index in [1.807, 2.05) is 24.3 Å². The van der Waals surface area contributed by atoms with Crippen LogP contribution in [0.25, 0.3) is 0 Å². The third kappa shape index (κ3) is 2.05. The van der Waals surface area contributed by atoms with Crippen LogP contribution < -0.4 is 0 Å². The maximum absolute atomic E-state index is 9.63. The van der Waals surface area contributed by atoms with Crippen molar-refractivity contribution in [1.29, 1.82) is 0 Å². The molecule has 2 N–H and O–H groups in total. The van der Waals surface area contributed by atoms with Crippen LogP contribution in [0.3, 0.4) is 0 Å². The Balaban J connectivity index is 2.17. The van der Waals surface area contributed by atoms with Crippen LogP contribution in [0.15, 0.2) is 36.4 Å². The fourth-order valence-corrected chi connectivity index (χ4v) is 3.58. The van der Waals surface area contributed by atoms with Crippen molar-refractivity contribution in [3.05, 3.63) is 69.8 Å². The van der Waals surface area contributed by atoms with Gasteiger partial charge < -0.3 is 10.2 Å². The van der Waals surface area contributed by atoms with Gasteiger partial charge in [-0.2, -0.15) is 0 Å². The van der Waals surface area contributed by atoms with Gasteiger partial charge in [-0.1, -0.05) is 36.4 Å². The molecule has 0 aromatic heterocycles. The Morgan fingerprint density at radius 3 is 2.30 bits per heavy atom. The largest absolute Gasteiger partial charge is 0.392 e. The lowest BCUT2D eigenvalue weighted by atomic mass is 9.84. The first-order valence-electron chi connectivity index (χ1n) is 7.17. The van der Waals surface area contributed by atoms with Crippen LogP contribution in [0.5, 0.6) is 0 Å². The van der Waals surface area contributed by atoms with Gasteiger partial charge >= 0.3 is 0 Å². The Morgan fingerprint density at radius 1 is 0.950 bits per heavy atom. The average molecular weight is 268 g/mol. The van der Waals surface area contributed by atoms with Gasteiger partial charge in [0.25, 0.3) is 0 Å². The minimum atomic E-state index is 0.0736. The van der Waals surface area contributed by atoms with Gasteiger partial charge in [-0.25, -0.2) is 0 Å². The summed E-state index contributed by atoms with van der Waals surface area (Å²) < 4.78 is 0. The van der Waals surface area contributed by atoms with Gasteiger partial charge in [-0.05, 0) is 53.1 Å². The highest BCUT2D eigenvalue weighted by Crippen LogP contribution is 2.42. The fourth-order valence-electron chi connectivity index (χ4n) is 3.58. The summed E-state index contributed by atoms with van der Waals surface area (Å²) in [4.78, 5) is 0. The Labute approximate surface area is 119 Å². The van der Waals surface area contributed by atoms with Crippen molar-refractivity contribution in [1.82, 2.24) is 0 Å². The molecule has 2 heteroatoms. The first kappa shape index (κ1) is 13.3. The summed E-state index contributed by atoms with van der Waals surface area (Å²) in [6.45, 7) is 2.26. The quantitative estimate of drug-likeness (QED) is 0.898. The number of rotatable bonds is 3. The highest BCUT2D eigenvalue weighted by atomic mass is 16.3. The predicted molar refractivity (Wildman–Crippen MR) is 79.6 cm³/mol.